The molecule has 0 aliphatic carbocycles. The SMILES string of the molecule is O=C(C=Cc1ccccc1)c1cc2c(cc1Br)OCCO2. The number of ketones is 1. The number of rotatable bonds is 3. The van der Waals surface area contributed by atoms with E-state index in [1.54, 1.807) is 24.3 Å². The molecule has 2 aromatic rings. The first-order valence-corrected chi connectivity index (χ1v) is 7.40. The van der Waals surface area contributed by atoms with Crippen molar-refractivity contribution in [1.29, 1.82) is 0 Å². The van der Waals surface area contributed by atoms with Gasteiger partial charge in [-0.25, -0.2) is 0 Å². The van der Waals surface area contributed by atoms with Crippen LogP contribution in [-0.2, 0) is 0 Å². The van der Waals surface area contributed by atoms with Crippen LogP contribution >= 0.6 is 15.9 Å². The summed E-state index contributed by atoms with van der Waals surface area (Å²) in [6, 6.07) is 13.2. The van der Waals surface area contributed by atoms with Gasteiger partial charge in [0.15, 0.2) is 17.3 Å². The van der Waals surface area contributed by atoms with E-state index in [0.717, 1.165) is 5.56 Å². The molecule has 0 fully saturated rings. The van der Waals surface area contributed by atoms with Gasteiger partial charge in [-0.3, -0.25) is 4.79 Å². The molecule has 0 saturated carbocycles. The number of hydrogen-bond donors (Lipinski definition) is 0. The zero-order chi connectivity index (χ0) is 14.7. The minimum atomic E-state index is -0.0808. The summed E-state index contributed by atoms with van der Waals surface area (Å²) in [5.74, 6) is 1.19. The Balaban J connectivity index is 1.86. The fourth-order valence-electron chi connectivity index (χ4n) is 2.08. The first kappa shape index (κ1) is 13.9. The minimum Gasteiger partial charge on any atom is -0.486 e. The summed E-state index contributed by atoms with van der Waals surface area (Å²) >= 11 is 3.41. The Labute approximate surface area is 131 Å². The molecule has 21 heavy (non-hydrogen) atoms. The lowest BCUT2D eigenvalue weighted by molar-refractivity contribution is 0.104. The maximum absolute atomic E-state index is 12.3. The zero-order valence-corrected chi connectivity index (χ0v) is 12.8. The average molecular weight is 345 g/mol. The van der Waals surface area contributed by atoms with E-state index in [4.69, 9.17) is 9.47 Å². The van der Waals surface area contributed by atoms with E-state index in [9.17, 15) is 4.79 Å². The summed E-state index contributed by atoms with van der Waals surface area (Å²) in [6.07, 6.45) is 3.36. The molecule has 0 atom stereocenters. The highest BCUT2D eigenvalue weighted by atomic mass is 79.9. The second-order valence-corrected chi connectivity index (χ2v) is 5.44. The lowest BCUT2D eigenvalue weighted by atomic mass is 10.1. The number of ether oxygens (including phenoxy) is 2. The smallest absolute Gasteiger partial charge is 0.187 e. The molecule has 0 amide bonds. The summed E-state index contributed by atoms with van der Waals surface area (Å²) in [5.41, 5.74) is 1.55. The molecular weight excluding hydrogens is 332 g/mol. The Morgan fingerprint density at radius 1 is 1.05 bits per heavy atom. The summed E-state index contributed by atoms with van der Waals surface area (Å²) < 4.78 is 11.7. The number of benzene rings is 2. The molecule has 3 rings (SSSR count). The largest absolute Gasteiger partial charge is 0.486 e. The molecule has 0 radical (unpaired) electrons. The number of carbonyl (C=O) groups is 1. The number of allylic oxidation sites excluding steroid dienone is 1. The maximum Gasteiger partial charge on any atom is 0.187 e. The van der Waals surface area contributed by atoms with E-state index >= 15 is 0 Å². The van der Waals surface area contributed by atoms with Gasteiger partial charge in [-0.15, -0.1) is 0 Å². The molecule has 1 aliphatic rings. The van der Waals surface area contributed by atoms with Gasteiger partial charge in [-0.2, -0.15) is 0 Å². The quantitative estimate of drug-likeness (QED) is 0.620. The second-order valence-electron chi connectivity index (χ2n) is 4.58. The molecule has 106 valence electrons. The monoisotopic (exact) mass is 344 g/mol. The summed E-state index contributed by atoms with van der Waals surface area (Å²) in [5, 5.41) is 0. The Kier molecular flexibility index (Phi) is 4.06. The van der Waals surface area contributed by atoms with E-state index < -0.39 is 0 Å². The third-order valence-electron chi connectivity index (χ3n) is 3.12. The van der Waals surface area contributed by atoms with Crippen molar-refractivity contribution >= 4 is 27.8 Å². The third-order valence-corrected chi connectivity index (χ3v) is 3.78. The summed E-state index contributed by atoms with van der Waals surface area (Å²) in [7, 11) is 0. The van der Waals surface area contributed by atoms with Crippen molar-refractivity contribution in [2.45, 2.75) is 0 Å². The fraction of sp³-hybridized carbons (Fsp3) is 0.118. The predicted octanol–water partition coefficient (Wildman–Crippen LogP) is 4.12. The van der Waals surface area contributed by atoms with Crippen LogP contribution in [0, 0.1) is 0 Å². The second kappa shape index (κ2) is 6.14. The van der Waals surface area contributed by atoms with Crippen LogP contribution in [0.1, 0.15) is 15.9 Å². The van der Waals surface area contributed by atoms with Crippen molar-refractivity contribution in [2.75, 3.05) is 13.2 Å². The van der Waals surface area contributed by atoms with Gasteiger partial charge in [0.2, 0.25) is 0 Å². The maximum atomic E-state index is 12.3. The lowest BCUT2D eigenvalue weighted by Crippen LogP contribution is -2.16. The molecule has 0 bridgehead atoms. The molecule has 0 aromatic heterocycles. The molecule has 0 unspecified atom stereocenters. The molecule has 4 heteroatoms. The van der Waals surface area contributed by atoms with Gasteiger partial charge in [0.1, 0.15) is 13.2 Å². The van der Waals surface area contributed by atoms with Crippen LogP contribution in [0.15, 0.2) is 53.0 Å². The first-order valence-electron chi connectivity index (χ1n) is 6.60. The topological polar surface area (TPSA) is 35.5 Å². The minimum absolute atomic E-state index is 0.0808. The van der Waals surface area contributed by atoms with Gasteiger partial charge < -0.3 is 9.47 Å². The van der Waals surface area contributed by atoms with Crippen LogP contribution in [-0.4, -0.2) is 19.0 Å². The van der Waals surface area contributed by atoms with Crippen molar-refractivity contribution in [3.8, 4) is 11.5 Å². The fourth-order valence-corrected chi connectivity index (χ4v) is 2.60. The van der Waals surface area contributed by atoms with E-state index in [0.29, 0.717) is 34.7 Å². The van der Waals surface area contributed by atoms with E-state index in [-0.39, 0.29) is 5.78 Å². The van der Waals surface area contributed by atoms with Gasteiger partial charge in [-0.1, -0.05) is 36.4 Å². The van der Waals surface area contributed by atoms with Gasteiger partial charge in [-0.05, 0) is 39.7 Å². The van der Waals surface area contributed by atoms with Crippen molar-refractivity contribution in [2.24, 2.45) is 0 Å². The first-order chi connectivity index (χ1) is 10.2. The number of halogens is 1. The summed E-state index contributed by atoms with van der Waals surface area (Å²) in [4.78, 5) is 12.3. The highest BCUT2D eigenvalue weighted by Gasteiger charge is 2.17. The van der Waals surface area contributed by atoms with Gasteiger partial charge in [0.25, 0.3) is 0 Å². The van der Waals surface area contributed by atoms with E-state index in [1.807, 2.05) is 30.3 Å². The Morgan fingerprint density at radius 2 is 1.71 bits per heavy atom. The summed E-state index contributed by atoms with van der Waals surface area (Å²) in [6.45, 7) is 1.03. The Bertz CT molecular complexity index is 693. The van der Waals surface area contributed by atoms with E-state index in [1.165, 1.54) is 0 Å². The van der Waals surface area contributed by atoms with Gasteiger partial charge in [0.05, 0.1) is 0 Å². The molecule has 1 aliphatic heterocycles. The van der Waals surface area contributed by atoms with Crippen LogP contribution in [0.3, 0.4) is 0 Å². The van der Waals surface area contributed by atoms with Crippen molar-refractivity contribution in [3.63, 3.8) is 0 Å². The van der Waals surface area contributed by atoms with Crippen LogP contribution in [0.5, 0.6) is 11.5 Å². The number of carbonyl (C=O) groups excluding carboxylic acids is 1. The third kappa shape index (κ3) is 3.16. The van der Waals surface area contributed by atoms with Gasteiger partial charge in [0, 0.05) is 10.0 Å². The van der Waals surface area contributed by atoms with Crippen LogP contribution in [0.2, 0.25) is 0 Å². The number of fused-ring (bicyclic) bond motifs is 1. The molecule has 3 nitrogen and oxygen atoms in total. The van der Waals surface area contributed by atoms with Crippen LogP contribution in [0.4, 0.5) is 0 Å². The predicted molar refractivity (Wildman–Crippen MR) is 84.9 cm³/mol. The Morgan fingerprint density at radius 3 is 2.43 bits per heavy atom. The highest BCUT2D eigenvalue weighted by Crippen LogP contribution is 2.35. The van der Waals surface area contributed by atoms with E-state index in [2.05, 4.69) is 15.9 Å². The van der Waals surface area contributed by atoms with Crippen LogP contribution < -0.4 is 9.47 Å². The van der Waals surface area contributed by atoms with Crippen molar-refractivity contribution < 1.29 is 14.3 Å². The lowest BCUT2D eigenvalue weighted by Gasteiger charge is -2.19. The van der Waals surface area contributed by atoms with Crippen molar-refractivity contribution in [1.82, 2.24) is 0 Å². The molecule has 1 heterocycles. The average Bonchev–Trinajstić information content (AvgIpc) is 2.53. The molecule has 0 N–H and O–H groups in total. The molecule has 0 saturated heterocycles. The van der Waals surface area contributed by atoms with Crippen molar-refractivity contribution in [3.05, 3.63) is 64.1 Å². The van der Waals surface area contributed by atoms with Crippen LogP contribution in [0.25, 0.3) is 6.08 Å². The normalized spacial score (nSPS) is 13.4. The standard InChI is InChI=1S/C17H13BrO3/c18-14-11-17-16(20-8-9-21-17)10-13(14)15(19)7-6-12-4-2-1-3-5-12/h1-7,10-11H,8-9H2. The van der Waals surface area contributed by atoms with Gasteiger partial charge >= 0.3 is 0 Å². The molecule has 2 aromatic carbocycles. The highest BCUT2D eigenvalue weighted by molar-refractivity contribution is 9.10. The zero-order valence-electron chi connectivity index (χ0n) is 11.2. The number of hydrogen-bond acceptors (Lipinski definition) is 3. The molecular formula is C17H13BrO3. The Hall–Kier alpha value is -2.07. The molecule has 0 spiro atoms.